The van der Waals surface area contributed by atoms with Crippen molar-refractivity contribution in [2.75, 3.05) is 6.26 Å². The van der Waals surface area contributed by atoms with E-state index in [-0.39, 0.29) is 0 Å². The van der Waals surface area contributed by atoms with Crippen LogP contribution < -0.4 is 5.73 Å². The fourth-order valence-corrected chi connectivity index (χ4v) is 1.98. The van der Waals surface area contributed by atoms with Crippen LogP contribution in [0.25, 0.3) is 0 Å². The largest absolute Gasteiger partial charge is 0.365 e. The molecule has 1 rings (SSSR count). The van der Waals surface area contributed by atoms with Gasteiger partial charge in [0.05, 0.1) is 5.51 Å². The topological polar surface area (TPSA) is 56.0 Å². The molecule has 54 valence electrons. The van der Waals surface area contributed by atoms with Gasteiger partial charge in [-0.15, -0.1) is 23.1 Å². The number of thiazole rings is 1. The smallest absolute Gasteiger partial charge is 0.261 e. The number of hydrogen-bond acceptors (Lipinski definition) is 4. The highest BCUT2D eigenvalue weighted by atomic mass is 32.2. The highest BCUT2D eigenvalue weighted by molar-refractivity contribution is 7.98. The van der Waals surface area contributed by atoms with Crippen LogP contribution in [0.4, 0.5) is 0 Å². The Labute approximate surface area is 66.6 Å². The van der Waals surface area contributed by atoms with Gasteiger partial charge in [0.25, 0.3) is 5.91 Å². The molecule has 0 radical (unpaired) electrons. The second-order valence-electron chi connectivity index (χ2n) is 1.56. The van der Waals surface area contributed by atoms with Gasteiger partial charge >= 0.3 is 0 Å². The predicted octanol–water partition coefficient (Wildman–Crippen LogP) is 0.964. The van der Waals surface area contributed by atoms with Crippen molar-refractivity contribution in [3.63, 3.8) is 0 Å². The summed E-state index contributed by atoms with van der Waals surface area (Å²) in [4.78, 5) is 15.1. The Hall–Kier alpha value is -0.550. The number of aromatic nitrogens is 1. The molecule has 0 aliphatic heterocycles. The maximum Gasteiger partial charge on any atom is 0.261 e. The number of thioether (sulfide) groups is 1. The molecule has 0 unspecified atom stereocenters. The standard InChI is InChI=1S/C5H6N2OS2/c1-9-5-3(4(6)8)10-2-7-5/h2H,1H3,(H2,6,8). The first kappa shape index (κ1) is 7.56. The van der Waals surface area contributed by atoms with E-state index < -0.39 is 5.91 Å². The summed E-state index contributed by atoms with van der Waals surface area (Å²) in [5.41, 5.74) is 6.67. The summed E-state index contributed by atoms with van der Waals surface area (Å²) in [7, 11) is 0. The van der Waals surface area contributed by atoms with E-state index in [0.29, 0.717) is 4.88 Å². The average Bonchev–Trinajstić information content (AvgIpc) is 2.33. The van der Waals surface area contributed by atoms with E-state index in [1.165, 1.54) is 23.1 Å². The normalized spacial score (nSPS) is 9.70. The quantitative estimate of drug-likeness (QED) is 0.679. The lowest BCUT2D eigenvalue weighted by molar-refractivity contribution is 0.100. The fraction of sp³-hybridized carbons (Fsp3) is 0.200. The Kier molecular flexibility index (Phi) is 2.29. The third-order valence-electron chi connectivity index (χ3n) is 0.952. The number of amides is 1. The molecular formula is C5H6N2OS2. The van der Waals surface area contributed by atoms with E-state index in [1.807, 2.05) is 6.26 Å². The zero-order chi connectivity index (χ0) is 7.56. The second kappa shape index (κ2) is 3.03. The zero-order valence-electron chi connectivity index (χ0n) is 5.33. The molecule has 3 nitrogen and oxygen atoms in total. The third kappa shape index (κ3) is 1.30. The minimum atomic E-state index is -0.396. The number of primary amides is 1. The van der Waals surface area contributed by atoms with Crippen molar-refractivity contribution in [1.82, 2.24) is 4.98 Å². The van der Waals surface area contributed by atoms with Gasteiger partial charge in [0, 0.05) is 0 Å². The molecule has 0 saturated carbocycles. The van der Waals surface area contributed by atoms with Crippen LogP contribution in [0.1, 0.15) is 9.67 Å². The van der Waals surface area contributed by atoms with Gasteiger partial charge in [0.2, 0.25) is 0 Å². The van der Waals surface area contributed by atoms with Crippen LogP contribution >= 0.6 is 23.1 Å². The van der Waals surface area contributed by atoms with Gasteiger partial charge in [-0.25, -0.2) is 4.98 Å². The highest BCUT2D eigenvalue weighted by Crippen LogP contribution is 2.21. The predicted molar refractivity (Wildman–Crippen MR) is 42.4 cm³/mol. The number of carbonyl (C=O) groups excluding carboxylic acids is 1. The molecule has 1 aromatic rings. The molecule has 0 spiro atoms. The maximum absolute atomic E-state index is 10.6. The van der Waals surface area contributed by atoms with Crippen LogP contribution in [0.5, 0.6) is 0 Å². The SMILES string of the molecule is CSc1ncsc1C(N)=O. The van der Waals surface area contributed by atoms with Crippen molar-refractivity contribution in [2.45, 2.75) is 5.03 Å². The molecule has 0 bridgehead atoms. The van der Waals surface area contributed by atoms with Crippen molar-refractivity contribution < 1.29 is 4.79 Å². The van der Waals surface area contributed by atoms with Crippen molar-refractivity contribution in [2.24, 2.45) is 5.73 Å². The molecule has 0 saturated heterocycles. The van der Waals surface area contributed by atoms with E-state index >= 15 is 0 Å². The number of hydrogen-bond donors (Lipinski definition) is 1. The maximum atomic E-state index is 10.6. The summed E-state index contributed by atoms with van der Waals surface area (Å²) in [5, 5.41) is 0.720. The summed E-state index contributed by atoms with van der Waals surface area (Å²) >= 11 is 2.70. The van der Waals surface area contributed by atoms with E-state index in [1.54, 1.807) is 5.51 Å². The molecule has 0 atom stereocenters. The molecule has 5 heteroatoms. The lowest BCUT2D eigenvalue weighted by atomic mass is 10.5. The summed E-state index contributed by atoms with van der Waals surface area (Å²) in [6.45, 7) is 0. The molecule has 2 N–H and O–H groups in total. The summed E-state index contributed by atoms with van der Waals surface area (Å²) in [5.74, 6) is -0.396. The fourth-order valence-electron chi connectivity index (χ4n) is 0.545. The lowest BCUT2D eigenvalue weighted by Gasteiger charge is -1.90. The first-order valence-corrected chi connectivity index (χ1v) is 4.63. The van der Waals surface area contributed by atoms with E-state index in [4.69, 9.17) is 5.73 Å². The van der Waals surface area contributed by atoms with Crippen molar-refractivity contribution in [3.05, 3.63) is 10.4 Å². The number of nitrogens with two attached hydrogens (primary N) is 1. The van der Waals surface area contributed by atoms with E-state index in [0.717, 1.165) is 5.03 Å². The van der Waals surface area contributed by atoms with Crippen molar-refractivity contribution >= 4 is 29.0 Å². The Morgan fingerprint density at radius 1 is 1.90 bits per heavy atom. The molecular weight excluding hydrogens is 168 g/mol. The van der Waals surface area contributed by atoms with Crippen LogP contribution in [0, 0.1) is 0 Å². The summed E-state index contributed by atoms with van der Waals surface area (Å²) < 4.78 is 0. The highest BCUT2D eigenvalue weighted by Gasteiger charge is 2.08. The lowest BCUT2D eigenvalue weighted by Crippen LogP contribution is -2.09. The van der Waals surface area contributed by atoms with E-state index in [2.05, 4.69) is 4.98 Å². The Morgan fingerprint density at radius 2 is 2.60 bits per heavy atom. The Bertz CT molecular complexity index is 246. The zero-order valence-corrected chi connectivity index (χ0v) is 6.96. The molecule has 1 heterocycles. The Balaban J connectivity index is 3.01. The molecule has 1 aromatic heterocycles. The molecule has 0 aliphatic rings. The third-order valence-corrected chi connectivity index (χ3v) is 2.62. The minimum absolute atomic E-state index is 0.396. The van der Waals surface area contributed by atoms with Crippen LogP contribution in [0.15, 0.2) is 10.5 Å². The molecule has 1 amide bonds. The van der Waals surface area contributed by atoms with Gasteiger partial charge in [-0.3, -0.25) is 4.79 Å². The summed E-state index contributed by atoms with van der Waals surface area (Å²) in [6.07, 6.45) is 1.86. The monoisotopic (exact) mass is 174 g/mol. The van der Waals surface area contributed by atoms with Crippen LogP contribution in [0.2, 0.25) is 0 Å². The van der Waals surface area contributed by atoms with Gasteiger partial charge in [-0.2, -0.15) is 0 Å². The number of carbonyl (C=O) groups is 1. The first-order valence-electron chi connectivity index (χ1n) is 2.53. The summed E-state index contributed by atoms with van der Waals surface area (Å²) in [6, 6.07) is 0. The second-order valence-corrected chi connectivity index (χ2v) is 3.20. The molecule has 0 aromatic carbocycles. The van der Waals surface area contributed by atoms with E-state index in [9.17, 15) is 4.79 Å². The van der Waals surface area contributed by atoms with Gasteiger partial charge in [-0.1, -0.05) is 0 Å². The Morgan fingerprint density at radius 3 is 3.00 bits per heavy atom. The number of rotatable bonds is 2. The molecule has 0 fully saturated rings. The van der Waals surface area contributed by atoms with Gasteiger partial charge in [0.15, 0.2) is 0 Å². The molecule has 0 aliphatic carbocycles. The van der Waals surface area contributed by atoms with Crippen LogP contribution in [-0.2, 0) is 0 Å². The number of nitrogens with zero attached hydrogens (tertiary/aromatic N) is 1. The van der Waals surface area contributed by atoms with Crippen LogP contribution in [-0.4, -0.2) is 17.1 Å². The average molecular weight is 174 g/mol. The van der Waals surface area contributed by atoms with Gasteiger partial charge < -0.3 is 5.73 Å². The van der Waals surface area contributed by atoms with Gasteiger partial charge in [0.1, 0.15) is 9.90 Å². The van der Waals surface area contributed by atoms with Crippen LogP contribution in [0.3, 0.4) is 0 Å². The minimum Gasteiger partial charge on any atom is -0.365 e. The van der Waals surface area contributed by atoms with Crippen molar-refractivity contribution in [3.8, 4) is 0 Å². The first-order chi connectivity index (χ1) is 4.75. The van der Waals surface area contributed by atoms with Gasteiger partial charge in [-0.05, 0) is 6.26 Å². The van der Waals surface area contributed by atoms with Crippen molar-refractivity contribution in [1.29, 1.82) is 0 Å². The molecule has 10 heavy (non-hydrogen) atoms.